The molecule has 1 aliphatic rings. The van der Waals surface area contributed by atoms with E-state index in [4.69, 9.17) is 0 Å². The lowest BCUT2D eigenvalue weighted by Crippen LogP contribution is -2.31. The summed E-state index contributed by atoms with van der Waals surface area (Å²) < 4.78 is 2.91. The highest BCUT2D eigenvalue weighted by Crippen LogP contribution is 2.18. The first kappa shape index (κ1) is 13.4. The summed E-state index contributed by atoms with van der Waals surface area (Å²) in [6.07, 6.45) is 9.77. The van der Waals surface area contributed by atoms with Gasteiger partial charge in [0.25, 0.3) is 5.91 Å². The van der Waals surface area contributed by atoms with Gasteiger partial charge in [-0.15, -0.1) is 0 Å². The molecule has 4 heteroatoms. The van der Waals surface area contributed by atoms with E-state index in [2.05, 4.69) is 33.4 Å². The lowest BCUT2D eigenvalue weighted by Gasteiger charge is -2.18. The Morgan fingerprint density at radius 1 is 1.56 bits per heavy atom. The van der Waals surface area contributed by atoms with Crippen molar-refractivity contribution in [3.63, 3.8) is 0 Å². The Kier molecular flexibility index (Phi) is 4.64. The van der Waals surface area contributed by atoms with Gasteiger partial charge in [0.05, 0.1) is 0 Å². The van der Waals surface area contributed by atoms with Crippen LogP contribution >= 0.6 is 15.9 Å². The fourth-order valence-electron chi connectivity index (χ4n) is 2.30. The monoisotopic (exact) mass is 310 g/mol. The Balaban J connectivity index is 1.92. The molecule has 1 atom stereocenters. The molecule has 0 spiro atoms. The molecule has 2 rings (SSSR count). The summed E-state index contributed by atoms with van der Waals surface area (Å²) in [6, 6.07) is 1.87. The molecule has 0 saturated heterocycles. The van der Waals surface area contributed by atoms with E-state index in [9.17, 15) is 4.79 Å². The zero-order valence-electron chi connectivity index (χ0n) is 10.7. The summed E-state index contributed by atoms with van der Waals surface area (Å²) in [4.78, 5) is 12.1. The van der Waals surface area contributed by atoms with Crippen LogP contribution in [0.5, 0.6) is 0 Å². The highest BCUT2D eigenvalue weighted by molar-refractivity contribution is 9.10. The Bertz CT molecular complexity index is 451. The van der Waals surface area contributed by atoms with Crippen molar-refractivity contribution in [2.24, 2.45) is 5.92 Å². The largest absolute Gasteiger partial charge is 0.350 e. The molecule has 3 nitrogen and oxygen atoms in total. The van der Waals surface area contributed by atoms with E-state index in [1.54, 1.807) is 0 Å². The molecule has 0 saturated carbocycles. The van der Waals surface area contributed by atoms with Crippen molar-refractivity contribution >= 4 is 21.8 Å². The first-order valence-electron chi connectivity index (χ1n) is 6.49. The van der Waals surface area contributed by atoms with E-state index >= 15 is 0 Å². The molecular formula is C14H19BrN2O. The SMILES string of the molecule is CCn1cc(Br)cc1C(=O)NCC1CC=CCC1. The smallest absolute Gasteiger partial charge is 0.267 e. The fourth-order valence-corrected chi connectivity index (χ4v) is 2.76. The van der Waals surface area contributed by atoms with Gasteiger partial charge in [-0.1, -0.05) is 12.2 Å². The predicted molar refractivity (Wildman–Crippen MR) is 76.6 cm³/mol. The molecular weight excluding hydrogens is 292 g/mol. The predicted octanol–water partition coefficient (Wildman–Crippen LogP) is 3.36. The van der Waals surface area contributed by atoms with Gasteiger partial charge in [-0.25, -0.2) is 0 Å². The third kappa shape index (κ3) is 3.25. The number of aromatic nitrogens is 1. The number of allylic oxidation sites excluding steroid dienone is 2. The van der Waals surface area contributed by atoms with Crippen molar-refractivity contribution in [1.82, 2.24) is 9.88 Å². The molecule has 1 heterocycles. The van der Waals surface area contributed by atoms with Gasteiger partial charge >= 0.3 is 0 Å². The van der Waals surface area contributed by atoms with Gasteiger partial charge in [0.15, 0.2) is 0 Å². The molecule has 1 N–H and O–H groups in total. The van der Waals surface area contributed by atoms with Crippen molar-refractivity contribution in [3.8, 4) is 0 Å². The molecule has 1 aromatic heterocycles. The van der Waals surface area contributed by atoms with Gasteiger partial charge in [0.1, 0.15) is 5.69 Å². The van der Waals surface area contributed by atoms with E-state index in [1.165, 1.54) is 6.42 Å². The highest BCUT2D eigenvalue weighted by Gasteiger charge is 2.15. The number of aryl methyl sites for hydroxylation is 1. The van der Waals surface area contributed by atoms with Gasteiger partial charge in [0, 0.05) is 23.8 Å². The van der Waals surface area contributed by atoms with Crippen molar-refractivity contribution in [2.75, 3.05) is 6.54 Å². The van der Waals surface area contributed by atoms with Crippen molar-refractivity contribution in [3.05, 3.63) is 34.6 Å². The van der Waals surface area contributed by atoms with Crippen molar-refractivity contribution in [2.45, 2.75) is 32.7 Å². The number of halogens is 1. The molecule has 1 amide bonds. The van der Waals surface area contributed by atoms with Crippen LogP contribution in [0.1, 0.15) is 36.7 Å². The van der Waals surface area contributed by atoms with Crippen LogP contribution in [0.25, 0.3) is 0 Å². The van der Waals surface area contributed by atoms with E-state index < -0.39 is 0 Å². The number of carbonyl (C=O) groups is 1. The Morgan fingerprint density at radius 3 is 3.06 bits per heavy atom. The van der Waals surface area contributed by atoms with Crippen LogP contribution in [0.3, 0.4) is 0 Å². The minimum atomic E-state index is 0.0251. The van der Waals surface area contributed by atoms with Gasteiger partial charge in [-0.05, 0) is 54.1 Å². The molecule has 0 aliphatic heterocycles. The summed E-state index contributed by atoms with van der Waals surface area (Å²) in [5.41, 5.74) is 0.732. The van der Waals surface area contributed by atoms with Gasteiger partial charge < -0.3 is 9.88 Å². The average molecular weight is 311 g/mol. The standard InChI is InChI=1S/C14H19BrN2O/c1-2-17-10-12(15)8-13(17)14(18)16-9-11-6-4-3-5-7-11/h3-4,8,10-11H,2,5-7,9H2,1H3,(H,16,18). The summed E-state index contributed by atoms with van der Waals surface area (Å²) >= 11 is 3.41. The van der Waals surface area contributed by atoms with Gasteiger partial charge in [0.2, 0.25) is 0 Å². The topological polar surface area (TPSA) is 34.0 Å². The number of hydrogen-bond donors (Lipinski definition) is 1. The maximum absolute atomic E-state index is 12.1. The van der Waals surface area contributed by atoms with E-state index in [0.29, 0.717) is 5.92 Å². The third-order valence-electron chi connectivity index (χ3n) is 3.37. The highest BCUT2D eigenvalue weighted by atomic mass is 79.9. The second kappa shape index (κ2) is 6.23. The molecule has 0 bridgehead atoms. The average Bonchev–Trinajstić information content (AvgIpc) is 2.78. The molecule has 1 aliphatic carbocycles. The first-order valence-corrected chi connectivity index (χ1v) is 7.29. The second-order valence-electron chi connectivity index (χ2n) is 4.69. The minimum Gasteiger partial charge on any atom is -0.350 e. The molecule has 98 valence electrons. The van der Waals surface area contributed by atoms with Crippen LogP contribution in [-0.4, -0.2) is 17.0 Å². The van der Waals surface area contributed by atoms with Crippen LogP contribution in [0, 0.1) is 5.92 Å². The molecule has 0 radical (unpaired) electrons. The zero-order valence-corrected chi connectivity index (χ0v) is 12.2. The lowest BCUT2D eigenvalue weighted by atomic mass is 9.94. The summed E-state index contributed by atoms with van der Waals surface area (Å²) in [5.74, 6) is 0.615. The number of hydrogen-bond acceptors (Lipinski definition) is 1. The van der Waals surface area contributed by atoms with Crippen LogP contribution in [0.15, 0.2) is 28.9 Å². The molecule has 1 aromatic rings. The van der Waals surface area contributed by atoms with E-state index in [1.807, 2.05) is 23.8 Å². The van der Waals surface area contributed by atoms with Gasteiger partial charge in [-0.2, -0.15) is 0 Å². The maximum Gasteiger partial charge on any atom is 0.267 e. The van der Waals surface area contributed by atoms with Crippen LogP contribution < -0.4 is 5.32 Å². The molecule has 0 fully saturated rings. The number of nitrogens with one attached hydrogen (secondary N) is 1. The normalized spacial score (nSPS) is 18.9. The summed E-state index contributed by atoms with van der Waals surface area (Å²) in [6.45, 7) is 3.62. The van der Waals surface area contributed by atoms with E-state index in [0.717, 1.165) is 36.1 Å². The maximum atomic E-state index is 12.1. The van der Waals surface area contributed by atoms with Crippen LogP contribution in [0.2, 0.25) is 0 Å². The minimum absolute atomic E-state index is 0.0251. The van der Waals surface area contributed by atoms with Crippen molar-refractivity contribution in [1.29, 1.82) is 0 Å². The zero-order chi connectivity index (χ0) is 13.0. The summed E-state index contributed by atoms with van der Waals surface area (Å²) in [7, 11) is 0. The number of carbonyl (C=O) groups excluding carboxylic acids is 1. The van der Waals surface area contributed by atoms with Crippen LogP contribution in [-0.2, 0) is 6.54 Å². The molecule has 0 aromatic carbocycles. The Morgan fingerprint density at radius 2 is 2.39 bits per heavy atom. The fraction of sp³-hybridized carbons (Fsp3) is 0.500. The summed E-state index contributed by atoms with van der Waals surface area (Å²) in [5, 5.41) is 3.04. The van der Waals surface area contributed by atoms with Crippen LogP contribution in [0.4, 0.5) is 0 Å². The third-order valence-corrected chi connectivity index (χ3v) is 3.80. The van der Waals surface area contributed by atoms with E-state index in [-0.39, 0.29) is 5.91 Å². The quantitative estimate of drug-likeness (QED) is 0.850. The van der Waals surface area contributed by atoms with Gasteiger partial charge in [-0.3, -0.25) is 4.79 Å². The number of amides is 1. The lowest BCUT2D eigenvalue weighted by molar-refractivity contribution is 0.0937. The Hall–Kier alpha value is -1.03. The number of nitrogens with zero attached hydrogens (tertiary/aromatic N) is 1. The second-order valence-corrected chi connectivity index (χ2v) is 5.61. The number of rotatable bonds is 4. The first-order chi connectivity index (χ1) is 8.70. The van der Waals surface area contributed by atoms with Crippen molar-refractivity contribution < 1.29 is 4.79 Å². The Labute approximate surface area is 116 Å². The molecule has 18 heavy (non-hydrogen) atoms. The molecule has 1 unspecified atom stereocenters.